The first-order chi connectivity index (χ1) is 18.4. The molecule has 8 nitrogen and oxygen atoms in total. The fourth-order valence-electron chi connectivity index (χ4n) is 5.91. The van der Waals surface area contributed by atoms with Gasteiger partial charge in [-0.15, -0.1) is 0 Å². The third kappa shape index (κ3) is 4.04. The van der Waals surface area contributed by atoms with E-state index < -0.39 is 17.2 Å². The molecule has 1 saturated heterocycles. The molecule has 2 fully saturated rings. The lowest BCUT2D eigenvalue weighted by molar-refractivity contribution is -0.150. The zero-order valence-corrected chi connectivity index (χ0v) is 20.9. The molecule has 3 heterocycles. The second-order valence-corrected chi connectivity index (χ2v) is 9.95. The van der Waals surface area contributed by atoms with Crippen LogP contribution in [0.5, 0.6) is 17.2 Å². The minimum atomic E-state index is -0.672. The second-order valence-electron chi connectivity index (χ2n) is 9.95. The number of nitrogens with two attached hydrogens (primary N) is 1. The molecular formula is C28H28F2N4O4. The summed E-state index contributed by atoms with van der Waals surface area (Å²) in [7, 11) is 1.36. The predicted octanol–water partition coefficient (Wildman–Crippen LogP) is 5.09. The number of aliphatic hydroxyl groups is 1. The Morgan fingerprint density at radius 3 is 2.84 bits per heavy atom. The van der Waals surface area contributed by atoms with Crippen LogP contribution in [0.3, 0.4) is 0 Å². The Morgan fingerprint density at radius 1 is 1.21 bits per heavy atom. The van der Waals surface area contributed by atoms with Gasteiger partial charge in [0.25, 0.3) is 0 Å². The van der Waals surface area contributed by atoms with Crippen LogP contribution in [0.4, 0.5) is 14.6 Å². The molecule has 3 unspecified atom stereocenters. The number of rotatable bonds is 6. The Labute approximate surface area is 218 Å². The van der Waals surface area contributed by atoms with Gasteiger partial charge < -0.3 is 25.1 Å². The lowest BCUT2D eigenvalue weighted by Crippen LogP contribution is -2.48. The summed E-state index contributed by atoms with van der Waals surface area (Å²) in [5.41, 5.74) is 6.94. The fourth-order valence-corrected chi connectivity index (χ4v) is 5.91. The van der Waals surface area contributed by atoms with Crippen molar-refractivity contribution in [3.63, 3.8) is 0 Å². The predicted molar refractivity (Wildman–Crippen MR) is 136 cm³/mol. The van der Waals surface area contributed by atoms with Gasteiger partial charge in [0, 0.05) is 36.5 Å². The van der Waals surface area contributed by atoms with Crippen LogP contribution in [0.15, 0.2) is 48.8 Å². The molecule has 2 bridgehead atoms. The number of anilines is 1. The van der Waals surface area contributed by atoms with Crippen LogP contribution < -0.4 is 15.2 Å². The van der Waals surface area contributed by atoms with E-state index in [4.69, 9.17) is 24.9 Å². The lowest BCUT2D eigenvalue weighted by Gasteiger charge is -2.47. The monoisotopic (exact) mass is 522 g/mol. The van der Waals surface area contributed by atoms with Crippen LogP contribution in [-0.4, -0.2) is 45.4 Å². The van der Waals surface area contributed by atoms with Crippen molar-refractivity contribution in [2.24, 2.45) is 5.92 Å². The summed E-state index contributed by atoms with van der Waals surface area (Å²) >= 11 is 0. The van der Waals surface area contributed by atoms with Crippen molar-refractivity contribution in [3.05, 3.63) is 66.3 Å². The molecule has 2 aromatic carbocycles. The summed E-state index contributed by atoms with van der Waals surface area (Å²) < 4.78 is 48.5. The Balaban J connectivity index is 1.38. The van der Waals surface area contributed by atoms with Crippen LogP contribution in [0.25, 0.3) is 16.8 Å². The van der Waals surface area contributed by atoms with E-state index in [1.54, 1.807) is 30.6 Å². The number of hydrogen-bond donors (Lipinski definition) is 2. The van der Waals surface area contributed by atoms with E-state index in [-0.39, 0.29) is 47.1 Å². The number of aliphatic hydroxyl groups excluding tert-OH is 1. The van der Waals surface area contributed by atoms with Gasteiger partial charge >= 0.3 is 0 Å². The van der Waals surface area contributed by atoms with E-state index in [0.29, 0.717) is 17.8 Å². The van der Waals surface area contributed by atoms with Crippen molar-refractivity contribution in [1.29, 1.82) is 0 Å². The highest BCUT2D eigenvalue weighted by atomic mass is 19.1. The summed E-state index contributed by atoms with van der Waals surface area (Å²) in [6.45, 7) is 0.589. The van der Waals surface area contributed by atoms with E-state index >= 15 is 4.39 Å². The van der Waals surface area contributed by atoms with Crippen molar-refractivity contribution >= 4 is 11.3 Å². The van der Waals surface area contributed by atoms with E-state index in [1.807, 2.05) is 4.40 Å². The fraction of sp³-hybridized carbons (Fsp3) is 0.357. The number of hydrogen-bond acceptors (Lipinski definition) is 7. The number of imidazole rings is 1. The van der Waals surface area contributed by atoms with Crippen molar-refractivity contribution in [2.45, 2.75) is 37.2 Å². The molecule has 0 radical (unpaired) electrons. The molecule has 38 heavy (non-hydrogen) atoms. The highest BCUT2D eigenvalue weighted by Crippen LogP contribution is 2.49. The van der Waals surface area contributed by atoms with Gasteiger partial charge in [-0.1, -0.05) is 6.07 Å². The zero-order chi connectivity index (χ0) is 26.4. The van der Waals surface area contributed by atoms with E-state index in [2.05, 4.69) is 4.98 Å². The van der Waals surface area contributed by atoms with Gasteiger partial charge in [-0.2, -0.15) is 4.39 Å². The van der Waals surface area contributed by atoms with Gasteiger partial charge in [-0.25, -0.2) is 14.4 Å². The number of nitrogen functional groups attached to an aromatic ring is 1. The topological polar surface area (TPSA) is 104 Å². The number of ether oxygens (including phenoxy) is 3. The van der Waals surface area contributed by atoms with E-state index in [1.165, 1.54) is 25.3 Å². The molecule has 6 rings (SSSR count). The maximum absolute atomic E-state index is 15.5. The maximum Gasteiger partial charge on any atom is 0.207 e. The third-order valence-corrected chi connectivity index (χ3v) is 7.81. The Bertz CT molecular complexity index is 1510. The number of halogens is 2. The van der Waals surface area contributed by atoms with Gasteiger partial charge in [0.2, 0.25) is 5.82 Å². The largest absolute Gasteiger partial charge is 0.494 e. The minimum Gasteiger partial charge on any atom is -0.494 e. The van der Waals surface area contributed by atoms with Crippen molar-refractivity contribution in [1.82, 2.24) is 14.4 Å². The molecule has 3 N–H and O–H groups in total. The molecule has 1 aliphatic carbocycles. The molecule has 2 aliphatic rings. The highest BCUT2D eigenvalue weighted by molar-refractivity contribution is 5.85. The van der Waals surface area contributed by atoms with Gasteiger partial charge in [-0.05, 0) is 55.9 Å². The van der Waals surface area contributed by atoms with Crippen LogP contribution in [-0.2, 0) is 4.74 Å². The average molecular weight is 523 g/mol. The van der Waals surface area contributed by atoms with Crippen molar-refractivity contribution in [2.75, 3.05) is 26.1 Å². The zero-order valence-electron chi connectivity index (χ0n) is 20.9. The second kappa shape index (κ2) is 9.52. The first kappa shape index (κ1) is 24.6. The maximum atomic E-state index is 15.5. The Morgan fingerprint density at radius 2 is 2.05 bits per heavy atom. The summed E-state index contributed by atoms with van der Waals surface area (Å²) in [6.07, 6.45) is 6.52. The van der Waals surface area contributed by atoms with Gasteiger partial charge in [-0.3, -0.25) is 4.40 Å². The molecule has 3 atom stereocenters. The molecule has 0 spiro atoms. The molecule has 0 amide bonds. The lowest BCUT2D eigenvalue weighted by atomic mass is 9.68. The highest BCUT2D eigenvalue weighted by Gasteiger charge is 2.46. The van der Waals surface area contributed by atoms with Crippen LogP contribution in [0, 0.1) is 17.6 Å². The minimum absolute atomic E-state index is 0.0000374. The summed E-state index contributed by atoms with van der Waals surface area (Å²) in [5, 5.41) is 9.95. The normalized spacial score (nSPS) is 22.9. The smallest absolute Gasteiger partial charge is 0.207 e. The Kier molecular flexibility index (Phi) is 6.16. The average Bonchev–Trinajstić information content (AvgIpc) is 3.30. The van der Waals surface area contributed by atoms with Crippen molar-refractivity contribution < 1.29 is 28.1 Å². The van der Waals surface area contributed by atoms with Crippen molar-refractivity contribution in [3.8, 4) is 28.5 Å². The molecule has 10 heteroatoms. The molecule has 198 valence electrons. The van der Waals surface area contributed by atoms with Gasteiger partial charge in [0.15, 0.2) is 11.5 Å². The SMILES string of the molecule is COc1cccc(Oc2ccc(-c3nc(C4CCC5(CO)CC4CCO5)n4ccnc(N)c34)c(F)c2)c1F. The number of fused-ring (bicyclic) bond motifs is 3. The number of benzene rings is 2. The molecule has 2 aromatic heterocycles. The molecule has 1 saturated carbocycles. The van der Waals surface area contributed by atoms with E-state index in [0.717, 1.165) is 31.5 Å². The van der Waals surface area contributed by atoms with Gasteiger partial charge in [0.05, 0.1) is 19.3 Å². The summed E-state index contributed by atoms with van der Waals surface area (Å²) in [4.78, 5) is 9.16. The number of aromatic nitrogens is 3. The number of nitrogens with zero attached hydrogens (tertiary/aromatic N) is 3. The number of methoxy groups -OCH3 is 1. The van der Waals surface area contributed by atoms with Crippen LogP contribution >= 0.6 is 0 Å². The summed E-state index contributed by atoms with van der Waals surface area (Å²) in [6, 6.07) is 8.81. The molecular weight excluding hydrogens is 494 g/mol. The standard InChI is InChI=1S/C28H28F2N4O4/c1-36-21-3-2-4-22(23(21)30)38-17-5-6-19(20(29)13-17)24-25-26(31)32-10-11-34(25)27(33-24)18-7-9-28(15-35)14-16(18)8-12-37-28/h2-6,10-11,13,16,18,35H,7-9,12,14-15H2,1H3,(H2,31,32). The van der Waals surface area contributed by atoms with Crippen LogP contribution in [0.1, 0.15) is 37.4 Å². The van der Waals surface area contributed by atoms with Gasteiger partial charge in [0.1, 0.15) is 34.4 Å². The van der Waals surface area contributed by atoms with E-state index in [9.17, 15) is 9.50 Å². The first-order valence-electron chi connectivity index (χ1n) is 12.6. The first-order valence-corrected chi connectivity index (χ1v) is 12.6. The quantitative estimate of drug-likeness (QED) is 0.363. The third-order valence-electron chi connectivity index (χ3n) is 7.81. The molecule has 1 aliphatic heterocycles. The molecule has 4 aromatic rings. The summed E-state index contributed by atoms with van der Waals surface area (Å²) in [5.74, 6) is 0.230. The Hall–Kier alpha value is -3.76. The van der Waals surface area contributed by atoms with Crippen LogP contribution in [0.2, 0.25) is 0 Å².